The van der Waals surface area contributed by atoms with E-state index in [4.69, 9.17) is 4.74 Å². The molecule has 7 heteroatoms. The molecule has 0 fully saturated rings. The van der Waals surface area contributed by atoms with Gasteiger partial charge in [-0.3, -0.25) is 4.79 Å². The highest BCUT2D eigenvalue weighted by molar-refractivity contribution is 5.95. The van der Waals surface area contributed by atoms with Gasteiger partial charge in [-0.05, 0) is 44.9 Å². The summed E-state index contributed by atoms with van der Waals surface area (Å²) in [6.45, 7) is 7.43. The highest BCUT2D eigenvalue weighted by atomic mass is 16.5. The number of benzene rings is 1. The Hall–Kier alpha value is -2.83. The number of hydrogen-bond donors (Lipinski definition) is 2. The van der Waals surface area contributed by atoms with Crippen LogP contribution in [-0.4, -0.2) is 36.0 Å². The normalized spacial score (nSPS) is 16.5. The molecule has 1 heterocycles. The first-order chi connectivity index (χ1) is 14.2. The Balaban J connectivity index is 2.23. The summed E-state index contributed by atoms with van der Waals surface area (Å²) >= 11 is 0. The molecule has 2 rings (SSSR count). The van der Waals surface area contributed by atoms with Crippen LogP contribution in [0.4, 0.5) is 10.5 Å². The molecular formula is C23H33N3O4. The maximum Gasteiger partial charge on any atom is 0.338 e. The summed E-state index contributed by atoms with van der Waals surface area (Å²) in [5, 5.41) is 5.77. The van der Waals surface area contributed by atoms with Gasteiger partial charge in [0.15, 0.2) is 0 Å². The van der Waals surface area contributed by atoms with Crippen molar-refractivity contribution >= 4 is 23.6 Å². The van der Waals surface area contributed by atoms with Gasteiger partial charge in [-0.25, -0.2) is 9.59 Å². The molecule has 7 nitrogen and oxygen atoms in total. The number of amides is 3. The molecule has 0 bridgehead atoms. The van der Waals surface area contributed by atoms with Crippen LogP contribution >= 0.6 is 0 Å². The SMILES string of the molecule is CCCCCCC(=O)Nc1cccc(C2NC(=O)N(C)C(C)=C2C(=O)OC(C)C)c1. The number of carbonyl (C=O) groups excluding carboxylic acids is 3. The molecule has 164 valence electrons. The third kappa shape index (κ3) is 6.08. The molecule has 0 saturated carbocycles. The fraction of sp³-hybridized carbons (Fsp3) is 0.522. The number of hydrogen-bond acceptors (Lipinski definition) is 4. The standard InChI is InChI=1S/C23H33N3O4/c1-6-7-8-9-13-19(27)24-18-12-10-11-17(14-18)21-20(22(28)30-15(2)3)16(4)26(5)23(29)25-21/h10-12,14-15,21H,6-9,13H2,1-5H3,(H,24,27)(H,25,29). The molecule has 0 saturated heterocycles. The van der Waals surface area contributed by atoms with Crippen molar-refractivity contribution in [1.82, 2.24) is 10.2 Å². The molecule has 0 aliphatic carbocycles. The number of urea groups is 1. The lowest BCUT2D eigenvalue weighted by atomic mass is 9.94. The molecule has 1 aliphatic rings. The first-order valence-electron chi connectivity index (χ1n) is 10.6. The van der Waals surface area contributed by atoms with Crippen LogP contribution in [0.3, 0.4) is 0 Å². The van der Waals surface area contributed by atoms with Crippen molar-refractivity contribution in [1.29, 1.82) is 0 Å². The third-order valence-electron chi connectivity index (χ3n) is 5.08. The van der Waals surface area contributed by atoms with Gasteiger partial charge in [0.05, 0.1) is 17.7 Å². The number of carbonyl (C=O) groups is 3. The Morgan fingerprint density at radius 2 is 1.97 bits per heavy atom. The summed E-state index contributed by atoms with van der Waals surface area (Å²) in [5.74, 6) is -0.508. The second kappa shape index (κ2) is 10.8. The summed E-state index contributed by atoms with van der Waals surface area (Å²) in [7, 11) is 1.61. The minimum absolute atomic E-state index is 0.0400. The van der Waals surface area contributed by atoms with Gasteiger partial charge in [0, 0.05) is 24.9 Å². The third-order valence-corrected chi connectivity index (χ3v) is 5.08. The molecule has 0 aromatic heterocycles. The number of anilines is 1. The molecule has 0 radical (unpaired) electrons. The Morgan fingerprint density at radius 3 is 2.63 bits per heavy atom. The average molecular weight is 416 g/mol. The zero-order chi connectivity index (χ0) is 22.3. The molecule has 30 heavy (non-hydrogen) atoms. The molecule has 1 aromatic rings. The van der Waals surface area contributed by atoms with Crippen LogP contribution in [0.25, 0.3) is 0 Å². The maximum absolute atomic E-state index is 12.8. The van der Waals surface area contributed by atoms with Crippen LogP contribution in [0, 0.1) is 0 Å². The van der Waals surface area contributed by atoms with Crippen LogP contribution in [0.1, 0.15) is 71.4 Å². The monoisotopic (exact) mass is 415 g/mol. The van der Waals surface area contributed by atoms with E-state index in [-0.39, 0.29) is 18.0 Å². The zero-order valence-electron chi connectivity index (χ0n) is 18.6. The Bertz CT molecular complexity index is 816. The minimum atomic E-state index is -0.652. The zero-order valence-corrected chi connectivity index (χ0v) is 18.6. The number of allylic oxidation sites excluding steroid dienone is 1. The van der Waals surface area contributed by atoms with Crippen molar-refractivity contribution in [2.45, 2.75) is 71.9 Å². The Kier molecular flexibility index (Phi) is 8.45. The van der Waals surface area contributed by atoms with Crippen molar-refractivity contribution in [3.63, 3.8) is 0 Å². The summed E-state index contributed by atoms with van der Waals surface area (Å²) < 4.78 is 5.41. The van der Waals surface area contributed by atoms with Gasteiger partial charge in [0.25, 0.3) is 0 Å². The van der Waals surface area contributed by atoms with Crippen LogP contribution in [-0.2, 0) is 14.3 Å². The summed E-state index contributed by atoms with van der Waals surface area (Å²) in [6, 6.07) is 6.25. The Labute approximate surface area is 178 Å². The second-order valence-corrected chi connectivity index (χ2v) is 7.88. The van der Waals surface area contributed by atoms with Crippen molar-refractivity contribution in [3.05, 3.63) is 41.1 Å². The molecule has 1 aromatic carbocycles. The smallest absolute Gasteiger partial charge is 0.338 e. The lowest BCUT2D eigenvalue weighted by Gasteiger charge is -2.33. The predicted molar refractivity (Wildman–Crippen MR) is 117 cm³/mol. The van der Waals surface area contributed by atoms with Crippen LogP contribution in [0.2, 0.25) is 0 Å². The quantitative estimate of drug-likeness (QED) is 0.459. The van der Waals surface area contributed by atoms with Crippen molar-refractivity contribution in [2.24, 2.45) is 0 Å². The van der Waals surface area contributed by atoms with E-state index >= 15 is 0 Å². The molecule has 1 unspecified atom stereocenters. The van der Waals surface area contributed by atoms with Gasteiger partial charge in [0.2, 0.25) is 5.91 Å². The molecule has 3 amide bonds. The molecule has 1 aliphatic heterocycles. The van der Waals surface area contributed by atoms with Gasteiger partial charge >= 0.3 is 12.0 Å². The van der Waals surface area contributed by atoms with Crippen LogP contribution < -0.4 is 10.6 Å². The number of rotatable bonds is 9. The lowest BCUT2D eigenvalue weighted by molar-refractivity contribution is -0.143. The van der Waals surface area contributed by atoms with Crippen molar-refractivity contribution in [2.75, 3.05) is 12.4 Å². The number of nitrogens with zero attached hydrogens (tertiary/aromatic N) is 1. The number of unbranched alkanes of at least 4 members (excludes halogenated alkanes) is 3. The minimum Gasteiger partial charge on any atom is -0.459 e. The van der Waals surface area contributed by atoms with E-state index in [0.29, 0.717) is 28.9 Å². The van der Waals surface area contributed by atoms with Crippen molar-refractivity contribution < 1.29 is 19.1 Å². The average Bonchev–Trinajstić information content (AvgIpc) is 2.68. The fourth-order valence-electron chi connectivity index (χ4n) is 3.36. The Morgan fingerprint density at radius 1 is 1.23 bits per heavy atom. The first-order valence-corrected chi connectivity index (χ1v) is 10.6. The molecular weight excluding hydrogens is 382 g/mol. The van der Waals surface area contributed by atoms with Gasteiger partial charge in [-0.2, -0.15) is 0 Å². The van der Waals surface area contributed by atoms with Crippen molar-refractivity contribution in [3.8, 4) is 0 Å². The number of ether oxygens (including phenoxy) is 1. The van der Waals surface area contributed by atoms with E-state index in [2.05, 4.69) is 17.6 Å². The fourth-order valence-corrected chi connectivity index (χ4v) is 3.36. The van der Waals surface area contributed by atoms with Gasteiger partial charge in [-0.15, -0.1) is 0 Å². The van der Waals surface area contributed by atoms with E-state index in [9.17, 15) is 14.4 Å². The largest absolute Gasteiger partial charge is 0.459 e. The van der Waals surface area contributed by atoms with Gasteiger partial charge < -0.3 is 20.3 Å². The topological polar surface area (TPSA) is 87.7 Å². The van der Waals surface area contributed by atoms with E-state index in [0.717, 1.165) is 25.7 Å². The highest BCUT2D eigenvalue weighted by Gasteiger charge is 2.35. The molecule has 2 N–H and O–H groups in total. The summed E-state index contributed by atoms with van der Waals surface area (Å²) in [4.78, 5) is 38.8. The maximum atomic E-state index is 12.8. The van der Waals surface area contributed by atoms with E-state index in [1.165, 1.54) is 4.90 Å². The van der Waals surface area contributed by atoms with E-state index in [1.807, 2.05) is 6.07 Å². The number of esters is 1. The lowest BCUT2D eigenvalue weighted by Crippen LogP contribution is -2.46. The van der Waals surface area contributed by atoms with E-state index in [1.54, 1.807) is 46.0 Å². The van der Waals surface area contributed by atoms with Gasteiger partial charge in [-0.1, -0.05) is 38.3 Å². The first kappa shape index (κ1) is 23.4. The summed E-state index contributed by atoms with van der Waals surface area (Å²) in [5.41, 5.74) is 2.26. The predicted octanol–water partition coefficient (Wildman–Crippen LogP) is 4.52. The van der Waals surface area contributed by atoms with Gasteiger partial charge in [0.1, 0.15) is 0 Å². The van der Waals surface area contributed by atoms with Crippen LogP contribution in [0.15, 0.2) is 35.5 Å². The number of nitrogens with one attached hydrogen (secondary N) is 2. The second-order valence-electron chi connectivity index (χ2n) is 7.88. The highest BCUT2D eigenvalue weighted by Crippen LogP contribution is 2.32. The molecule has 0 spiro atoms. The van der Waals surface area contributed by atoms with E-state index < -0.39 is 12.0 Å². The molecule has 1 atom stereocenters. The van der Waals surface area contributed by atoms with Crippen LogP contribution in [0.5, 0.6) is 0 Å². The summed E-state index contributed by atoms with van der Waals surface area (Å²) in [6.07, 6.45) is 4.34.